The van der Waals surface area contributed by atoms with Gasteiger partial charge in [0.05, 0.1) is 12.1 Å². The number of rotatable bonds is 4. The van der Waals surface area contributed by atoms with Crippen molar-refractivity contribution >= 4 is 34.0 Å². The van der Waals surface area contributed by atoms with Crippen LogP contribution in [-0.4, -0.2) is 21.1 Å². The lowest BCUT2D eigenvalue weighted by Crippen LogP contribution is -2.28. The zero-order valence-electron chi connectivity index (χ0n) is 10.8. The van der Waals surface area contributed by atoms with E-state index < -0.39 is 4.75 Å². The number of anilines is 1. The first-order valence-corrected chi connectivity index (χ1v) is 6.90. The Morgan fingerprint density at radius 1 is 1.47 bits per heavy atom. The van der Waals surface area contributed by atoms with Crippen molar-refractivity contribution < 1.29 is 0 Å². The molecule has 1 unspecified atom stereocenters. The number of nitriles is 2. The monoisotopic (exact) mass is 290 g/mol. The molecule has 0 fully saturated rings. The Hall–Kier alpha value is -1.63. The third kappa shape index (κ3) is 4.51. The fourth-order valence-corrected chi connectivity index (χ4v) is 2.89. The standard InChI is InChI=1S/C13H14N4S2/c1-13(10-15,6-3-7-14)19-12(18)17(2)11-4-8-16-9-5-11/h4-5,8-9H,3,6H2,1-2H3. The van der Waals surface area contributed by atoms with Crippen molar-refractivity contribution in [3.63, 3.8) is 0 Å². The van der Waals surface area contributed by atoms with Crippen LogP contribution in [0.15, 0.2) is 24.5 Å². The van der Waals surface area contributed by atoms with E-state index in [0.29, 0.717) is 17.2 Å². The summed E-state index contributed by atoms with van der Waals surface area (Å²) < 4.78 is -0.0677. The summed E-state index contributed by atoms with van der Waals surface area (Å²) in [5.74, 6) is 0. The second-order valence-electron chi connectivity index (χ2n) is 4.13. The van der Waals surface area contributed by atoms with E-state index in [-0.39, 0.29) is 0 Å². The molecule has 4 nitrogen and oxygen atoms in total. The molecule has 0 aliphatic carbocycles. The highest BCUT2D eigenvalue weighted by Crippen LogP contribution is 2.32. The van der Waals surface area contributed by atoms with E-state index in [1.54, 1.807) is 12.4 Å². The van der Waals surface area contributed by atoms with Crippen LogP contribution in [-0.2, 0) is 0 Å². The zero-order chi connectivity index (χ0) is 14.3. The second kappa shape index (κ2) is 7.08. The lowest BCUT2D eigenvalue weighted by Gasteiger charge is -2.25. The third-order valence-electron chi connectivity index (χ3n) is 2.59. The molecule has 1 atom stereocenters. The highest BCUT2D eigenvalue weighted by Gasteiger charge is 2.27. The summed E-state index contributed by atoms with van der Waals surface area (Å²) in [6.45, 7) is 1.81. The Morgan fingerprint density at radius 3 is 2.63 bits per heavy atom. The van der Waals surface area contributed by atoms with Crippen LogP contribution in [0.4, 0.5) is 5.69 Å². The van der Waals surface area contributed by atoms with Gasteiger partial charge in [-0.1, -0.05) is 24.0 Å². The lowest BCUT2D eigenvalue weighted by atomic mass is 10.1. The molecule has 0 spiro atoms. The van der Waals surface area contributed by atoms with Gasteiger partial charge in [-0.05, 0) is 25.5 Å². The fourth-order valence-electron chi connectivity index (χ4n) is 1.36. The highest BCUT2D eigenvalue weighted by molar-refractivity contribution is 8.24. The summed E-state index contributed by atoms with van der Waals surface area (Å²) in [7, 11) is 1.85. The number of aromatic nitrogens is 1. The van der Waals surface area contributed by atoms with Crippen molar-refractivity contribution in [2.75, 3.05) is 11.9 Å². The van der Waals surface area contributed by atoms with Gasteiger partial charge in [0, 0.05) is 31.5 Å². The SMILES string of the molecule is CN(C(=S)SC(C)(C#N)CCC#N)c1ccncc1. The average Bonchev–Trinajstić information content (AvgIpc) is 2.45. The zero-order valence-corrected chi connectivity index (χ0v) is 12.5. The molecule has 0 saturated carbocycles. The van der Waals surface area contributed by atoms with Crippen molar-refractivity contribution in [2.24, 2.45) is 0 Å². The van der Waals surface area contributed by atoms with Gasteiger partial charge >= 0.3 is 0 Å². The van der Waals surface area contributed by atoms with Gasteiger partial charge in [-0.25, -0.2) is 0 Å². The maximum Gasteiger partial charge on any atom is 0.142 e. The Kier molecular flexibility index (Phi) is 5.75. The van der Waals surface area contributed by atoms with Crippen LogP contribution in [0.3, 0.4) is 0 Å². The van der Waals surface area contributed by atoms with Crippen molar-refractivity contribution in [1.82, 2.24) is 4.98 Å². The van der Waals surface area contributed by atoms with E-state index in [4.69, 9.17) is 17.5 Å². The van der Waals surface area contributed by atoms with Crippen LogP contribution in [0.5, 0.6) is 0 Å². The van der Waals surface area contributed by atoms with Crippen LogP contribution < -0.4 is 4.90 Å². The fraction of sp³-hybridized carbons (Fsp3) is 0.385. The summed E-state index contributed by atoms with van der Waals surface area (Å²) >= 11 is 6.67. The largest absolute Gasteiger partial charge is 0.330 e. The Bertz CT molecular complexity index is 518. The second-order valence-corrected chi connectivity index (χ2v) is 6.27. The van der Waals surface area contributed by atoms with E-state index >= 15 is 0 Å². The van der Waals surface area contributed by atoms with Crippen molar-refractivity contribution in [3.8, 4) is 12.1 Å². The molecule has 0 N–H and O–H groups in total. The lowest BCUT2D eigenvalue weighted by molar-refractivity contribution is 0.729. The molecule has 98 valence electrons. The Labute approximate surface area is 123 Å². The van der Waals surface area contributed by atoms with Crippen LogP contribution in [0.25, 0.3) is 0 Å². The molecule has 0 aliphatic heterocycles. The Balaban J connectivity index is 2.74. The van der Waals surface area contributed by atoms with E-state index in [1.807, 2.05) is 31.0 Å². The summed E-state index contributed by atoms with van der Waals surface area (Å²) in [5.41, 5.74) is 0.924. The number of pyridine rings is 1. The van der Waals surface area contributed by atoms with E-state index in [9.17, 15) is 5.26 Å². The molecule has 0 aromatic carbocycles. The molecule has 0 aliphatic rings. The first-order valence-electron chi connectivity index (χ1n) is 5.67. The van der Waals surface area contributed by atoms with Gasteiger partial charge in [0.2, 0.25) is 0 Å². The first-order chi connectivity index (χ1) is 9.02. The van der Waals surface area contributed by atoms with Crippen LogP contribution in [0.2, 0.25) is 0 Å². The smallest absolute Gasteiger partial charge is 0.142 e. The molecular formula is C13H14N4S2. The quantitative estimate of drug-likeness (QED) is 0.794. The summed E-state index contributed by atoms with van der Waals surface area (Å²) in [6, 6.07) is 8.00. The van der Waals surface area contributed by atoms with Gasteiger partial charge in [0.15, 0.2) is 0 Å². The normalized spacial score (nSPS) is 12.8. The minimum absolute atomic E-state index is 0.346. The Morgan fingerprint density at radius 2 is 2.11 bits per heavy atom. The van der Waals surface area contributed by atoms with Crippen molar-refractivity contribution in [3.05, 3.63) is 24.5 Å². The number of hydrogen-bond donors (Lipinski definition) is 0. The number of hydrogen-bond acceptors (Lipinski definition) is 5. The van der Waals surface area contributed by atoms with Crippen LogP contribution >= 0.6 is 24.0 Å². The molecule has 1 rings (SSSR count). The average molecular weight is 290 g/mol. The summed E-state index contributed by atoms with van der Waals surface area (Å²) in [4.78, 5) is 5.79. The minimum atomic E-state index is -0.673. The van der Waals surface area contributed by atoms with Crippen LogP contribution in [0.1, 0.15) is 19.8 Å². The van der Waals surface area contributed by atoms with E-state index in [2.05, 4.69) is 17.1 Å². The van der Waals surface area contributed by atoms with Gasteiger partial charge in [-0.3, -0.25) is 4.98 Å². The van der Waals surface area contributed by atoms with E-state index in [1.165, 1.54) is 11.8 Å². The summed E-state index contributed by atoms with van der Waals surface area (Å²) in [6.07, 6.45) is 4.23. The number of thioether (sulfide) groups is 1. The van der Waals surface area contributed by atoms with E-state index in [0.717, 1.165) is 5.69 Å². The molecule has 6 heteroatoms. The van der Waals surface area contributed by atoms with Crippen molar-refractivity contribution in [2.45, 2.75) is 24.5 Å². The highest BCUT2D eigenvalue weighted by atomic mass is 32.2. The molecule has 0 amide bonds. The third-order valence-corrected chi connectivity index (χ3v) is 4.31. The summed E-state index contributed by atoms with van der Waals surface area (Å²) in [5, 5.41) is 17.9. The molecule has 1 aromatic heterocycles. The maximum atomic E-state index is 9.24. The topological polar surface area (TPSA) is 63.7 Å². The van der Waals surface area contributed by atoms with Crippen LogP contribution in [0, 0.1) is 22.7 Å². The molecule has 1 heterocycles. The van der Waals surface area contributed by atoms with Crippen molar-refractivity contribution in [1.29, 1.82) is 10.5 Å². The van der Waals surface area contributed by atoms with Gasteiger partial charge < -0.3 is 4.90 Å². The molecular weight excluding hydrogens is 276 g/mol. The minimum Gasteiger partial charge on any atom is -0.330 e. The van der Waals surface area contributed by atoms with Gasteiger partial charge in [-0.2, -0.15) is 10.5 Å². The molecule has 0 saturated heterocycles. The number of nitrogens with zero attached hydrogens (tertiary/aromatic N) is 4. The first kappa shape index (κ1) is 15.4. The predicted octanol–water partition coefficient (Wildman–Crippen LogP) is 3.12. The molecule has 0 bridgehead atoms. The number of thiocarbonyl (C=S) groups is 1. The van der Waals surface area contributed by atoms with Gasteiger partial charge in [0.25, 0.3) is 0 Å². The molecule has 0 radical (unpaired) electrons. The molecule has 19 heavy (non-hydrogen) atoms. The molecule has 1 aromatic rings. The van der Waals surface area contributed by atoms with Gasteiger partial charge in [0.1, 0.15) is 9.07 Å². The predicted molar refractivity (Wildman–Crippen MR) is 81.7 cm³/mol. The van der Waals surface area contributed by atoms with Gasteiger partial charge in [-0.15, -0.1) is 0 Å². The maximum absolute atomic E-state index is 9.24.